The standard InChI is InChI=1S/C21H29N3O6S2/c1-16(29-21-7-5-4-6-20(21)23-32(3,27)28)24-14-12-19(13-15-24)30-18-10-8-17(9-11-18)22-31(2,25)26/h4-11,16,19,22-23H,12-15H2,1-3H3. The summed E-state index contributed by atoms with van der Waals surface area (Å²) in [5.41, 5.74) is 0.903. The lowest BCUT2D eigenvalue weighted by molar-refractivity contribution is -0.000652. The first-order valence-corrected chi connectivity index (χ1v) is 14.0. The van der Waals surface area contributed by atoms with Crippen molar-refractivity contribution in [2.24, 2.45) is 0 Å². The predicted molar refractivity (Wildman–Crippen MR) is 125 cm³/mol. The Morgan fingerprint density at radius 1 is 0.906 bits per heavy atom. The Labute approximate surface area is 189 Å². The summed E-state index contributed by atoms with van der Waals surface area (Å²) in [4.78, 5) is 2.18. The van der Waals surface area contributed by atoms with Crippen molar-refractivity contribution in [2.75, 3.05) is 35.0 Å². The predicted octanol–water partition coefficient (Wildman–Crippen LogP) is 2.70. The van der Waals surface area contributed by atoms with Gasteiger partial charge in [-0.15, -0.1) is 0 Å². The minimum atomic E-state index is -3.40. The summed E-state index contributed by atoms with van der Waals surface area (Å²) in [5, 5.41) is 0. The molecule has 0 saturated carbocycles. The second kappa shape index (κ2) is 9.97. The molecule has 2 aromatic carbocycles. The lowest BCUT2D eigenvalue weighted by atomic mass is 10.1. The molecule has 0 spiro atoms. The first kappa shape index (κ1) is 24.1. The van der Waals surface area contributed by atoms with Crippen LogP contribution in [-0.2, 0) is 20.0 Å². The molecule has 11 heteroatoms. The highest BCUT2D eigenvalue weighted by molar-refractivity contribution is 7.92. The molecule has 1 fully saturated rings. The van der Waals surface area contributed by atoms with E-state index in [2.05, 4.69) is 14.3 Å². The zero-order valence-electron chi connectivity index (χ0n) is 18.3. The topological polar surface area (TPSA) is 114 Å². The van der Waals surface area contributed by atoms with Crippen molar-refractivity contribution in [3.05, 3.63) is 48.5 Å². The van der Waals surface area contributed by atoms with Gasteiger partial charge in [-0.05, 0) is 56.2 Å². The molecule has 1 aliphatic heterocycles. The second-order valence-corrected chi connectivity index (χ2v) is 11.3. The van der Waals surface area contributed by atoms with E-state index in [9.17, 15) is 16.8 Å². The van der Waals surface area contributed by atoms with Crippen LogP contribution in [0.3, 0.4) is 0 Å². The van der Waals surface area contributed by atoms with Crippen LogP contribution in [0.1, 0.15) is 19.8 Å². The number of likely N-dealkylation sites (tertiary alicyclic amines) is 1. The minimum Gasteiger partial charge on any atom is -0.490 e. The number of rotatable bonds is 9. The molecule has 0 radical (unpaired) electrons. The van der Waals surface area contributed by atoms with Gasteiger partial charge in [0.15, 0.2) is 0 Å². The average molecular weight is 484 g/mol. The van der Waals surface area contributed by atoms with Gasteiger partial charge in [0.2, 0.25) is 20.0 Å². The zero-order valence-corrected chi connectivity index (χ0v) is 19.9. The van der Waals surface area contributed by atoms with Gasteiger partial charge in [-0.2, -0.15) is 0 Å². The van der Waals surface area contributed by atoms with E-state index < -0.39 is 20.0 Å². The molecule has 0 aromatic heterocycles. The first-order valence-electron chi connectivity index (χ1n) is 10.2. The summed E-state index contributed by atoms with van der Waals surface area (Å²) >= 11 is 0. The molecule has 1 aliphatic rings. The third-order valence-electron chi connectivity index (χ3n) is 4.93. The van der Waals surface area contributed by atoms with E-state index >= 15 is 0 Å². The van der Waals surface area contributed by atoms with Crippen LogP contribution in [-0.4, -0.2) is 59.7 Å². The average Bonchev–Trinajstić information content (AvgIpc) is 2.69. The Morgan fingerprint density at radius 2 is 1.50 bits per heavy atom. The zero-order chi connectivity index (χ0) is 23.4. The normalized spacial score (nSPS) is 16.8. The fraction of sp³-hybridized carbons (Fsp3) is 0.429. The van der Waals surface area contributed by atoms with Crippen LogP contribution >= 0.6 is 0 Å². The summed E-state index contributed by atoms with van der Waals surface area (Å²) < 4.78 is 62.7. The molecule has 1 atom stereocenters. The molecule has 176 valence electrons. The molecular weight excluding hydrogens is 454 g/mol. The number of hydrogen-bond donors (Lipinski definition) is 2. The molecule has 1 heterocycles. The van der Waals surface area contributed by atoms with E-state index in [0.717, 1.165) is 38.4 Å². The van der Waals surface area contributed by atoms with Crippen LogP contribution in [0, 0.1) is 0 Å². The fourth-order valence-electron chi connectivity index (χ4n) is 3.48. The third-order valence-corrected chi connectivity index (χ3v) is 6.13. The van der Waals surface area contributed by atoms with Crippen molar-refractivity contribution in [2.45, 2.75) is 32.1 Å². The molecule has 2 N–H and O–H groups in total. The fourth-order valence-corrected chi connectivity index (χ4v) is 4.61. The smallest absolute Gasteiger partial charge is 0.229 e. The Hall–Kier alpha value is -2.50. The molecule has 1 unspecified atom stereocenters. The number of nitrogens with one attached hydrogen (secondary N) is 2. The number of anilines is 2. The highest BCUT2D eigenvalue weighted by Crippen LogP contribution is 2.28. The summed E-state index contributed by atoms with van der Waals surface area (Å²) in [6, 6.07) is 13.8. The lowest BCUT2D eigenvalue weighted by Gasteiger charge is -2.36. The number of ether oxygens (including phenoxy) is 2. The Kier molecular flexibility index (Phi) is 7.52. The van der Waals surface area contributed by atoms with E-state index in [0.29, 0.717) is 22.9 Å². The van der Waals surface area contributed by atoms with Gasteiger partial charge >= 0.3 is 0 Å². The monoisotopic (exact) mass is 483 g/mol. The van der Waals surface area contributed by atoms with Crippen molar-refractivity contribution in [1.82, 2.24) is 4.90 Å². The van der Waals surface area contributed by atoms with Gasteiger partial charge in [0, 0.05) is 18.8 Å². The number of para-hydroxylation sites is 2. The number of sulfonamides is 2. The quantitative estimate of drug-likeness (QED) is 0.564. The maximum atomic E-state index is 11.6. The van der Waals surface area contributed by atoms with Gasteiger partial charge in [-0.1, -0.05) is 12.1 Å². The SMILES string of the molecule is CC(Oc1ccccc1NS(C)(=O)=O)N1CCC(Oc2ccc(NS(C)(=O)=O)cc2)CC1. The number of nitrogens with zero attached hydrogens (tertiary/aromatic N) is 1. The van der Waals surface area contributed by atoms with Crippen LogP contribution in [0.5, 0.6) is 11.5 Å². The molecule has 0 aliphatic carbocycles. The minimum absolute atomic E-state index is 0.0476. The van der Waals surface area contributed by atoms with Crippen LogP contribution in [0.25, 0.3) is 0 Å². The molecule has 3 rings (SSSR count). The molecule has 9 nitrogen and oxygen atoms in total. The number of benzene rings is 2. The van der Waals surface area contributed by atoms with Crippen molar-refractivity contribution in [3.63, 3.8) is 0 Å². The van der Waals surface area contributed by atoms with Crippen LogP contribution < -0.4 is 18.9 Å². The van der Waals surface area contributed by atoms with Crippen LogP contribution in [0.15, 0.2) is 48.5 Å². The Balaban J connectivity index is 1.52. The summed E-state index contributed by atoms with van der Waals surface area (Å²) in [5.74, 6) is 1.17. The highest BCUT2D eigenvalue weighted by atomic mass is 32.2. The maximum absolute atomic E-state index is 11.6. The first-order chi connectivity index (χ1) is 15.0. The Morgan fingerprint density at radius 3 is 2.09 bits per heavy atom. The van der Waals surface area contributed by atoms with E-state index in [1.807, 2.05) is 6.92 Å². The summed E-state index contributed by atoms with van der Waals surface area (Å²) in [6.45, 7) is 3.47. The molecule has 0 bridgehead atoms. The van der Waals surface area contributed by atoms with Gasteiger partial charge in [0.05, 0.1) is 18.2 Å². The van der Waals surface area contributed by atoms with Crippen molar-refractivity contribution in [1.29, 1.82) is 0 Å². The van der Waals surface area contributed by atoms with Gasteiger partial charge in [0.1, 0.15) is 23.8 Å². The van der Waals surface area contributed by atoms with E-state index in [4.69, 9.17) is 9.47 Å². The maximum Gasteiger partial charge on any atom is 0.229 e. The Bertz CT molecular complexity index is 1110. The second-order valence-electron chi connectivity index (χ2n) is 7.84. The van der Waals surface area contributed by atoms with Gasteiger partial charge < -0.3 is 9.47 Å². The molecule has 0 amide bonds. The summed E-state index contributed by atoms with van der Waals surface area (Å²) in [6.07, 6.45) is 3.64. The molecule has 1 saturated heterocycles. The van der Waals surface area contributed by atoms with Gasteiger partial charge in [-0.25, -0.2) is 16.8 Å². The van der Waals surface area contributed by atoms with Gasteiger partial charge in [0.25, 0.3) is 0 Å². The highest BCUT2D eigenvalue weighted by Gasteiger charge is 2.25. The third kappa shape index (κ3) is 7.57. The lowest BCUT2D eigenvalue weighted by Crippen LogP contribution is -2.45. The molecule has 32 heavy (non-hydrogen) atoms. The largest absolute Gasteiger partial charge is 0.490 e. The van der Waals surface area contributed by atoms with Crippen LogP contribution in [0.2, 0.25) is 0 Å². The van der Waals surface area contributed by atoms with E-state index in [-0.39, 0.29) is 12.3 Å². The summed E-state index contributed by atoms with van der Waals surface area (Å²) in [7, 11) is -6.71. The molecule has 2 aromatic rings. The number of piperidine rings is 1. The van der Waals surface area contributed by atoms with E-state index in [1.54, 1.807) is 48.5 Å². The van der Waals surface area contributed by atoms with Crippen molar-refractivity contribution in [3.8, 4) is 11.5 Å². The van der Waals surface area contributed by atoms with E-state index in [1.165, 1.54) is 0 Å². The van der Waals surface area contributed by atoms with Gasteiger partial charge in [-0.3, -0.25) is 14.3 Å². The van der Waals surface area contributed by atoms with Crippen molar-refractivity contribution < 1.29 is 26.3 Å². The van der Waals surface area contributed by atoms with Crippen LogP contribution in [0.4, 0.5) is 11.4 Å². The number of hydrogen-bond acceptors (Lipinski definition) is 7. The molecular formula is C21H29N3O6S2. The van der Waals surface area contributed by atoms with Crippen molar-refractivity contribution >= 4 is 31.4 Å².